The number of methoxy groups -OCH3 is 1. The van der Waals surface area contributed by atoms with Crippen LogP contribution < -0.4 is 4.74 Å². The molecule has 0 aliphatic heterocycles. The largest absolute Gasteiger partial charge is 0.487 e. The van der Waals surface area contributed by atoms with Gasteiger partial charge >= 0.3 is 0 Å². The maximum absolute atomic E-state index is 10.9. The molecule has 0 atom stereocenters. The summed E-state index contributed by atoms with van der Waals surface area (Å²) in [5, 5.41) is 0.938. The molecule has 0 N–H and O–H groups in total. The first kappa shape index (κ1) is 14.5. The molecule has 3 rings (SSSR count). The Bertz CT molecular complexity index is 792. The summed E-state index contributed by atoms with van der Waals surface area (Å²) in [4.78, 5) is 16.6. The second kappa shape index (κ2) is 5.75. The van der Waals surface area contributed by atoms with Crippen LogP contribution >= 0.6 is 34.0 Å². The van der Waals surface area contributed by atoms with Crippen molar-refractivity contribution in [3.8, 4) is 24.6 Å². The van der Waals surface area contributed by atoms with Crippen LogP contribution in [0.1, 0.15) is 20.8 Å². The van der Waals surface area contributed by atoms with Crippen LogP contribution in [0, 0.1) is 13.8 Å². The summed E-state index contributed by atoms with van der Waals surface area (Å²) in [5.41, 5.74) is 2.40. The van der Waals surface area contributed by atoms with Gasteiger partial charge in [0.1, 0.15) is 0 Å². The molecular weight excluding hydrogens is 320 g/mol. The third-order valence-corrected chi connectivity index (χ3v) is 7.01. The molecule has 0 aromatic carbocycles. The fourth-order valence-corrected chi connectivity index (χ4v) is 5.52. The maximum atomic E-state index is 10.9. The van der Waals surface area contributed by atoms with E-state index in [4.69, 9.17) is 4.74 Å². The van der Waals surface area contributed by atoms with Gasteiger partial charge in [-0.15, -0.1) is 22.7 Å². The lowest BCUT2D eigenvalue weighted by Gasteiger charge is -1.95. The fraction of sp³-hybridized carbons (Fsp3) is 0.188. The quantitative estimate of drug-likeness (QED) is 0.577. The molecule has 3 aromatic heterocycles. The molecule has 0 fully saturated rings. The first-order valence-corrected chi connectivity index (χ1v) is 8.88. The van der Waals surface area contributed by atoms with Crippen molar-refractivity contribution in [1.29, 1.82) is 0 Å². The first-order chi connectivity index (χ1) is 10.1. The van der Waals surface area contributed by atoms with Gasteiger partial charge in [-0.05, 0) is 49.2 Å². The van der Waals surface area contributed by atoms with E-state index in [0.717, 1.165) is 21.8 Å². The lowest BCUT2D eigenvalue weighted by Crippen LogP contribution is -1.73. The lowest BCUT2D eigenvalue weighted by atomic mass is 10.2. The van der Waals surface area contributed by atoms with Crippen molar-refractivity contribution in [3.63, 3.8) is 0 Å². The second-order valence-corrected chi connectivity index (χ2v) is 7.91. The zero-order valence-electron chi connectivity index (χ0n) is 11.9. The minimum atomic E-state index is 0.784. The van der Waals surface area contributed by atoms with Gasteiger partial charge in [-0.3, -0.25) is 4.79 Å². The summed E-state index contributed by atoms with van der Waals surface area (Å²) in [6, 6.07) is 8.31. The minimum absolute atomic E-state index is 0.784. The Morgan fingerprint density at radius 1 is 0.952 bits per heavy atom. The highest BCUT2D eigenvalue weighted by Gasteiger charge is 2.14. The van der Waals surface area contributed by atoms with Crippen LogP contribution in [0.15, 0.2) is 24.3 Å². The zero-order valence-corrected chi connectivity index (χ0v) is 14.4. The number of hydrogen-bond acceptors (Lipinski definition) is 5. The van der Waals surface area contributed by atoms with Gasteiger partial charge in [-0.25, -0.2) is 0 Å². The van der Waals surface area contributed by atoms with Crippen molar-refractivity contribution in [1.82, 2.24) is 0 Å². The second-order valence-electron chi connectivity index (χ2n) is 4.72. The van der Waals surface area contributed by atoms with Crippen LogP contribution in [-0.4, -0.2) is 13.4 Å². The van der Waals surface area contributed by atoms with Gasteiger partial charge in [0.25, 0.3) is 0 Å². The van der Waals surface area contributed by atoms with E-state index in [0.29, 0.717) is 0 Å². The summed E-state index contributed by atoms with van der Waals surface area (Å²) >= 11 is 4.99. The van der Waals surface area contributed by atoms with Crippen molar-refractivity contribution in [2.45, 2.75) is 13.8 Å². The highest BCUT2D eigenvalue weighted by molar-refractivity contribution is 7.27. The lowest BCUT2D eigenvalue weighted by molar-refractivity contribution is 0.112. The normalized spacial score (nSPS) is 10.8. The summed E-state index contributed by atoms with van der Waals surface area (Å²) in [7, 11) is 1.70. The Hall–Kier alpha value is -1.43. The number of hydrogen-bond donors (Lipinski definition) is 0. The van der Waals surface area contributed by atoms with E-state index in [1.54, 1.807) is 41.1 Å². The number of aryl methyl sites for hydroxylation is 2. The zero-order chi connectivity index (χ0) is 15.0. The molecule has 3 aromatic rings. The minimum Gasteiger partial charge on any atom is -0.487 e. The number of carbonyl (C=O) groups is 1. The summed E-state index contributed by atoms with van der Waals surface area (Å²) in [6.07, 6.45) is 0.921. The molecule has 0 aliphatic rings. The highest BCUT2D eigenvalue weighted by Crippen LogP contribution is 2.44. The maximum Gasteiger partial charge on any atom is 0.174 e. The van der Waals surface area contributed by atoms with Gasteiger partial charge in [0.15, 0.2) is 11.3 Å². The van der Waals surface area contributed by atoms with E-state index >= 15 is 0 Å². The Morgan fingerprint density at radius 2 is 1.57 bits per heavy atom. The number of rotatable bonds is 4. The fourth-order valence-electron chi connectivity index (χ4n) is 2.19. The van der Waals surface area contributed by atoms with E-state index in [2.05, 4.69) is 32.0 Å². The van der Waals surface area contributed by atoms with Crippen molar-refractivity contribution >= 4 is 40.3 Å². The Balaban J connectivity index is 2.01. The van der Waals surface area contributed by atoms with Crippen LogP contribution in [0.4, 0.5) is 0 Å². The molecular formula is C16H14O2S3. The van der Waals surface area contributed by atoms with E-state index in [1.807, 2.05) is 6.07 Å². The third-order valence-electron chi connectivity index (χ3n) is 3.20. The smallest absolute Gasteiger partial charge is 0.174 e. The molecule has 5 heteroatoms. The Kier molecular flexibility index (Phi) is 3.97. The van der Waals surface area contributed by atoms with Gasteiger partial charge in [-0.2, -0.15) is 0 Å². The molecule has 0 spiro atoms. The van der Waals surface area contributed by atoms with Crippen molar-refractivity contribution in [3.05, 3.63) is 40.3 Å². The molecule has 0 saturated heterocycles. The SMILES string of the molecule is COc1cc(C)c(-c2ccc(-c3sc(C=O)cc3C)s2)s1. The number of ether oxygens (including phenoxy) is 1. The molecule has 108 valence electrons. The van der Waals surface area contributed by atoms with Crippen LogP contribution in [0.3, 0.4) is 0 Å². The molecule has 0 aliphatic carbocycles. The van der Waals surface area contributed by atoms with Crippen molar-refractivity contribution in [2.24, 2.45) is 0 Å². The molecule has 0 bridgehead atoms. The standard InChI is InChI=1S/C16H14O2S3/c1-9-6-11(8-17)19-15(9)12-4-5-13(20-12)16-10(2)7-14(18-3)21-16/h4-8H,1-3H3. The molecule has 0 unspecified atom stereocenters. The first-order valence-electron chi connectivity index (χ1n) is 6.43. The van der Waals surface area contributed by atoms with Crippen LogP contribution in [0.2, 0.25) is 0 Å². The molecule has 3 heterocycles. The predicted molar refractivity (Wildman–Crippen MR) is 92.4 cm³/mol. The molecule has 0 radical (unpaired) electrons. The molecule has 2 nitrogen and oxygen atoms in total. The van der Waals surface area contributed by atoms with E-state index in [1.165, 1.54) is 25.1 Å². The van der Waals surface area contributed by atoms with E-state index < -0.39 is 0 Å². The van der Waals surface area contributed by atoms with Crippen LogP contribution in [0.25, 0.3) is 19.5 Å². The number of carbonyl (C=O) groups excluding carboxylic acids is 1. The molecule has 21 heavy (non-hydrogen) atoms. The van der Waals surface area contributed by atoms with Crippen molar-refractivity contribution < 1.29 is 9.53 Å². The molecule has 0 saturated carbocycles. The van der Waals surface area contributed by atoms with E-state index in [9.17, 15) is 4.79 Å². The van der Waals surface area contributed by atoms with Gasteiger partial charge in [0.05, 0.1) is 16.9 Å². The summed E-state index contributed by atoms with van der Waals surface area (Å²) < 4.78 is 5.31. The number of thiophene rings is 3. The van der Waals surface area contributed by atoms with Gasteiger partial charge in [0.2, 0.25) is 0 Å². The van der Waals surface area contributed by atoms with Crippen molar-refractivity contribution in [2.75, 3.05) is 7.11 Å². The average Bonchev–Trinajstić information content (AvgIpc) is 3.16. The van der Waals surface area contributed by atoms with E-state index in [-0.39, 0.29) is 0 Å². The number of aldehydes is 1. The van der Waals surface area contributed by atoms with Crippen LogP contribution in [-0.2, 0) is 0 Å². The van der Waals surface area contributed by atoms with Gasteiger partial charge < -0.3 is 4.74 Å². The monoisotopic (exact) mass is 334 g/mol. The predicted octanol–water partition coefficient (Wildman–Crippen LogP) is 5.64. The Morgan fingerprint density at radius 3 is 2.10 bits per heavy atom. The molecule has 0 amide bonds. The Labute approximate surface area is 135 Å². The van der Waals surface area contributed by atoms with Gasteiger partial charge in [0, 0.05) is 14.6 Å². The van der Waals surface area contributed by atoms with Crippen LogP contribution in [0.5, 0.6) is 5.06 Å². The summed E-state index contributed by atoms with van der Waals surface area (Å²) in [6.45, 7) is 4.16. The third kappa shape index (κ3) is 2.69. The summed E-state index contributed by atoms with van der Waals surface area (Å²) in [5.74, 6) is 0. The highest BCUT2D eigenvalue weighted by atomic mass is 32.1. The van der Waals surface area contributed by atoms with Gasteiger partial charge in [-0.1, -0.05) is 11.3 Å². The topological polar surface area (TPSA) is 26.3 Å². The average molecular weight is 334 g/mol.